The van der Waals surface area contributed by atoms with Crippen molar-refractivity contribution in [2.45, 2.75) is 31.8 Å². The molecule has 6 heteroatoms. The van der Waals surface area contributed by atoms with Gasteiger partial charge in [0.2, 0.25) is 15.9 Å². The summed E-state index contributed by atoms with van der Waals surface area (Å²) >= 11 is 0. The van der Waals surface area contributed by atoms with Crippen molar-refractivity contribution in [3.8, 4) is 0 Å². The van der Waals surface area contributed by atoms with Crippen molar-refractivity contribution in [3.05, 3.63) is 71.8 Å². The predicted octanol–water partition coefficient (Wildman–Crippen LogP) is 3.43. The lowest BCUT2D eigenvalue weighted by atomic mass is 10.1. The summed E-state index contributed by atoms with van der Waals surface area (Å²) < 4.78 is 25.5. The van der Waals surface area contributed by atoms with E-state index in [0.29, 0.717) is 31.2 Å². The minimum atomic E-state index is -3.17. The van der Waals surface area contributed by atoms with Crippen LogP contribution in [0.2, 0.25) is 0 Å². The molecule has 2 aromatic rings. The third kappa shape index (κ3) is 4.28. The van der Waals surface area contributed by atoms with Gasteiger partial charge in [-0.3, -0.25) is 9.10 Å². The molecule has 1 heterocycles. The van der Waals surface area contributed by atoms with Crippen molar-refractivity contribution < 1.29 is 13.2 Å². The molecule has 2 fully saturated rings. The Kier molecular flexibility index (Phi) is 5.22. The number of hydrogen-bond donors (Lipinski definition) is 0. The van der Waals surface area contributed by atoms with Crippen LogP contribution in [0.3, 0.4) is 0 Å². The van der Waals surface area contributed by atoms with Crippen LogP contribution in [0.5, 0.6) is 0 Å². The maximum atomic E-state index is 12.7. The Morgan fingerprint density at radius 2 is 1.79 bits per heavy atom. The maximum Gasteiger partial charge on any atom is 0.247 e. The Morgan fingerprint density at radius 1 is 1.07 bits per heavy atom. The van der Waals surface area contributed by atoms with Gasteiger partial charge in [-0.25, -0.2) is 8.42 Å². The molecule has 5 nitrogen and oxygen atoms in total. The van der Waals surface area contributed by atoms with Gasteiger partial charge < -0.3 is 4.90 Å². The normalized spacial score (nSPS) is 18.5. The minimum Gasteiger partial charge on any atom is -0.332 e. The molecule has 0 spiro atoms. The molecular weight excluding hydrogens is 372 g/mol. The average molecular weight is 397 g/mol. The summed E-state index contributed by atoms with van der Waals surface area (Å²) in [6.45, 7) is 1.16. The van der Waals surface area contributed by atoms with Gasteiger partial charge in [-0.1, -0.05) is 42.5 Å². The zero-order chi connectivity index (χ0) is 19.6. The largest absolute Gasteiger partial charge is 0.332 e. The predicted molar refractivity (Wildman–Crippen MR) is 111 cm³/mol. The molecule has 1 aliphatic heterocycles. The van der Waals surface area contributed by atoms with Crippen LogP contribution in [0.15, 0.2) is 60.7 Å². The van der Waals surface area contributed by atoms with Crippen molar-refractivity contribution in [2.24, 2.45) is 0 Å². The van der Waals surface area contributed by atoms with E-state index < -0.39 is 10.0 Å². The summed E-state index contributed by atoms with van der Waals surface area (Å²) in [5.74, 6) is 0.222. The molecule has 0 atom stereocenters. The maximum absolute atomic E-state index is 12.7. The highest BCUT2D eigenvalue weighted by atomic mass is 32.2. The number of anilines is 1. The van der Waals surface area contributed by atoms with E-state index in [1.54, 1.807) is 24.3 Å². The van der Waals surface area contributed by atoms with Crippen molar-refractivity contribution in [2.75, 3.05) is 16.6 Å². The fourth-order valence-corrected chi connectivity index (χ4v) is 5.06. The van der Waals surface area contributed by atoms with Gasteiger partial charge in [-0.2, -0.15) is 0 Å². The number of sulfonamides is 1. The highest BCUT2D eigenvalue weighted by molar-refractivity contribution is 7.93. The smallest absolute Gasteiger partial charge is 0.247 e. The Morgan fingerprint density at radius 3 is 2.39 bits per heavy atom. The van der Waals surface area contributed by atoms with E-state index in [4.69, 9.17) is 0 Å². The number of carbonyl (C=O) groups excluding carboxylic acids is 1. The molecule has 1 amide bonds. The summed E-state index contributed by atoms with van der Waals surface area (Å²) in [7, 11) is -3.17. The Balaban J connectivity index is 1.43. The molecule has 4 rings (SSSR count). The van der Waals surface area contributed by atoms with Gasteiger partial charge in [0.15, 0.2) is 0 Å². The monoisotopic (exact) mass is 396 g/mol. The summed E-state index contributed by atoms with van der Waals surface area (Å²) in [4.78, 5) is 14.6. The van der Waals surface area contributed by atoms with Crippen molar-refractivity contribution >= 4 is 27.7 Å². The summed E-state index contributed by atoms with van der Waals surface area (Å²) in [6, 6.07) is 17.7. The van der Waals surface area contributed by atoms with E-state index in [0.717, 1.165) is 24.0 Å². The van der Waals surface area contributed by atoms with E-state index in [1.807, 2.05) is 47.4 Å². The van der Waals surface area contributed by atoms with E-state index >= 15 is 0 Å². The first-order chi connectivity index (χ1) is 13.5. The summed E-state index contributed by atoms with van der Waals surface area (Å²) in [5.41, 5.74) is 2.70. The number of benzene rings is 2. The van der Waals surface area contributed by atoms with Gasteiger partial charge in [-0.15, -0.1) is 0 Å². The molecule has 28 heavy (non-hydrogen) atoms. The molecule has 0 unspecified atom stereocenters. The van der Waals surface area contributed by atoms with Crippen LogP contribution in [0.25, 0.3) is 6.08 Å². The zero-order valence-corrected chi connectivity index (χ0v) is 16.5. The van der Waals surface area contributed by atoms with Gasteiger partial charge in [0.05, 0.1) is 11.4 Å². The molecule has 0 bridgehead atoms. The summed E-state index contributed by atoms with van der Waals surface area (Å²) in [6.07, 6.45) is 6.20. The standard InChI is InChI=1S/C22H24N2O3S/c25-22(23(20-12-13-20)17-19-5-2-1-3-6-19)14-9-18-7-10-21(11-8-18)24-15-4-16-28(24,26)27/h1-3,5-11,14,20H,4,12-13,15-17H2/b14-9+. The number of nitrogens with zero attached hydrogens (tertiary/aromatic N) is 2. The topological polar surface area (TPSA) is 57.7 Å². The van der Waals surface area contributed by atoms with E-state index in [-0.39, 0.29) is 11.7 Å². The van der Waals surface area contributed by atoms with Crippen molar-refractivity contribution in [1.82, 2.24) is 4.90 Å². The molecule has 146 valence electrons. The molecule has 2 aliphatic rings. The fraction of sp³-hybridized carbons (Fsp3) is 0.318. The molecule has 0 aromatic heterocycles. The lowest BCUT2D eigenvalue weighted by Gasteiger charge is -2.21. The molecule has 0 radical (unpaired) electrons. The molecule has 1 saturated carbocycles. The Hall–Kier alpha value is -2.60. The second-order valence-corrected chi connectivity index (χ2v) is 9.36. The summed E-state index contributed by atoms with van der Waals surface area (Å²) in [5, 5.41) is 0. The van der Waals surface area contributed by atoms with Crippen LogP contribution in [0.1, 0.15) is 30.4 Å². The fourth-order valence-electron chi connectivity index (χ4n) is 3.50. The third-order valence-corrected chi connectivity index (χ3v) is 7.03. The van der Waals surface area contributed by atoms with E-state index in [2.05, 4.69) is 0 Å². The van der Waals surface area contributed by atoms with Gasteiger partial charge >= 0.3 is 0 Å². The highest BCUT2D eigenvalue weighted by Crippen LogP contribution is 2.29. The Bertz CT molecular complexity index is 965. The number of hydrogen-bond acceptors (Lipinski definition) is 3. The van der Waals surface area contributed by atoms with Gasteiger partial charge in [-0.05, 0) is 48.6 Å². The van der Waals surface area contributed by atoms with Crippen molar-refractivity contribution in [3.63, 3.8) is 0 Å². The first-order valence-electron chi connectivity index (χ1n) is 9.66. The average Bonchev–Trinajstić information content (AvgIpc) is 3.48. The number of carbonyl (C=O) groups is 1. The first-order valence-corrected chi connectivity index (χ1v) is 11.3. The Labute approximate surface area is 166 Å². The molecule has 2 aromatic carbocycles. The first kappa shape index (κ1) is 18.7. The van der Waals surface area contributed by atoms with Gasteiger partial charge in [0.1, 0.15) is 0 Å². The lowest BCUT2D eigenvalue weighted by molar-refractivity contribution is -0.127. The van der Waals surface area contributed by atoms with Crippen molar-refractivity contribution in [1.29, 1.82) is 0 Å². The molecule has 1 saturated heterocycles. The molecule has 0 N–H and O–H groups in total. The third-order valence-electron chi connectivity index (χ3n) is 5.17. The van der Waals surface area contributed by atoms with Gasteiger partial charge in [0, 0.05) is 25.2 Å². The van der Waals surface area contributed by atoms with E-state index in [1.165, 1.54) is 4.31 Å². The molecule has 1 aliphatic carbocycles. The lowest BCUT2D eigenvalue weighted by Crippen LogP contribution is -2.31. The van der Waals surface area contributed by atoms with Crippen LogP contribution in [0.4, 0.5) is 5.69 Å². The highest BCUT2D eigenvalue weighted by Gasteiger charge is 2.31. The SMILES string of the molecule is O=C(/C=C/c1ccc(N2CCCS2(=O)=O)cc1)N(Cc1ccccc1)C1CC1. The second kappa shape index (κ2) is 7.80. The zero-order valence-electron chi connectivity index (χ0n) is 15.7. The molecular formula is C22H24N2O3S. The number of rotatable bonds is 6. The number of amides is 1. The van der Waals surface area contributed by atoms with Crippen LogP contribution in [-0.4, -0.2) is 37.6 Å². The second-order valence-electron chi connectivity index (χ2n) is 7.35. The van der Waals surface area contributed by atoms with Gasteiger partial charge in [0.25, 0.3) is 0 Å². The quantitative estimate of drug-likeness (QED) is 0.703. The van der Waals surface area contributed by atoms with Crippen LogP contribution < -0.4 is 4.31 Å². The minimum absolute atomic E-state index is 0.0116. The van der Waals surface area contributed by atoms with E-state index in [9.17, 15) is 13.2 Å². The van der Waals surface area contributed by atoms with Crippen LogP contribution in [-0.2, 0) is 21.4 Å². The van der Waals surface area contributed by atoms with Crippen LogP contribution in [0, 0.1) is 0 Å². The van der Waals surface area contributed by atoms with Crippen LogP contribution >= 0.6 is 0 Å².